The summed E-state index contributed by atoms with van der Waals surface area (Å²) in [7, 11) is 0. The van der Waals surface area contributed by atoms with Crippen molar-refractivity contribution in [2.45, 2.75) is 39.0 Å². The molecule has 0 spiro atoms. The highest BCUT2D eigenvalue weighted by Crippen LogP contribution is 2.21. The largest absolute Gasteiger partial charge is 0.358 e. The predicted molar refractivity (Wildman–Crippen MR) is 107 cm³/mol. The molecule has 0 unspecified atom stereocenters. The average molecular weight is 347 g/mol. The van der Waals surface area contributed by atoms with Crippen LogP contribution in [0.25, 0.3) is 10.9 Å². The standard InChI is InChI=1S/C22H25N3O/c1-22(2,3)18-10-8-16(9-11-18)15-23-25-21(26)13-12-19-14-17-6-4-5-7-20(17)24-19/h4-11,14-15,24H,12-13H2,1-3H3,(H,25,26)/b23-15-. The van der Waals surface area contributed by atoms with Gasteiger partial charge in [-0.3, -0.25) is 4.79 Å². The molecule has 0 aliphatic carbocycles. The number of H-pyrrole nitrogens is 1. The van der Waals surface area contributed by atoms with Crippen LogP contribution < -0.4 is 5.43 Å². The van der Waals surface area contributed by atoms with Crippen molar-refractivity contribution in [3.05, 3.63) is 71.4 Å². The maximum Gasteiger partial charge on any atom is 0.240 e. The number of benzene rings is 2. The molecule has 134 valence electrons. The van der Waals surface area contributed by atoms with Crippen molar-refractivity contribution in [1.29, 1.82) is 0 Å². The molecule has 4 nitrogen and oxygen atoms in total. The topological polar surface area (TPSA) is 57.2 Å². The first-order valence-corrected chi connectivity index (χ1v) is 8.91. The van der Waals surface area contributed by atoms with Crippen molar-refractivity contribution in [2.24, 2.45) is 5.10 Å². The van der Waals surface area contributed by atoms with Crippen LogP contribution in [0.4, 0.5) is 0 Å². The molecular formula is C22H25N3O. The molecule has 3 aromatic rings. The summed E-state index contributed by atoms with van der Waals surface area (Å²) in [6.45, 7) is 6.55. The fourth-order valence-electron chi connectivity index (χ4n) is 2.82. The van der Waals surface area contributed by atoms with Crippen molar-refractivity contribution in [3.8, 4) is 0 Å². The fourth-order valence-corrected chi connectivity index (χ4v) is 2.82. The van der Waals surface area contributed by atoms with Crippen LogP contribution in [-0.4, -0.2) is 17.1 Å². The second kappa shape index (κ2) is 7.56. The SMILES string of the molecule is CC(C)(C)c1ccc(/C=N\NC(=O)CCc2cc3ccccc3[nH]2)cc1. The molecule has 0 saturated heterocycles. The summed E-state index contributed by atoms with van der Waals surface area (Å²) in [6, 6.07) is 18.4. The molecule has 3 rings (SSSR count). The van der Waals surface area contributed by atoms with Gasteiger partial charge in [0.25, 0.3) is 0 Å². The molecule has 2 aromatic carbocycles. The van der Waals surface area contributed by atoms with Crippen molar-refractivity contribution in [1.82, 2.24) is 10.4 Å². The van der Waals surface area contributed by atoms with Crippen LogP contribution in [0.5, 0.6) is 0 Å². The number of hydrogen-bond acceptors (Lipinski definition) is 2. The number of aromatic nitrogens is 1. The van der Waals surface area contributed by atoms with Gasteiger partial charge in [-0.25, -0.2) is 5.43 Å². The lowest BCUT2D eigenvalue weighted by Crippen LogP contribution is -2.18. The Morgan fingerprint density at radius 2 is 1.85 bits per heavy atom. The number of nitrogens with one attached hydrogen (secondary N) is 2. The first-order chi connectivity index (χ1) is 12.4. The summed E-state index contributed by atoms with van der Waals surface area (Å²) in [4.78, 5) is 15.3. The molecule has 0 bridgehead atoms. The monoisotopic (exact) mass is 347 g/mol. The van der Waals surface area contributed by atoms with Crippen molar-refractivity contribution < 1.29 is 4.79 Å². The Morgan fingerprint density at radius 1 is 1.12 bits per heavy atom. The van der Waals surface area contributed by atoms with E-state index in [-0.39, 0.29) is 11.3 Å². The number of aryl methyl sites for hydroxylation is 1. The van der Waals surface area contributed by atoms with E-state index in [9.17, 15) is 4.79 Å². The smallest absolute Gasteiger partial charge is 0.240 e. The van der Waals surface area contributed by atoms with Crippen LogP contribution in [0.3, 0.4) is 0 Å². The molecular weight excluding hydrogens is 322 g/mol. The van der Waals surface area contributed by atoms with Crippen molar-refractivity contribution in [2.75, 3.05) is 0 Å². The highest BCUT2D eigenvalue weighted by atomic mass is 16.2. The molecule has 0 atom stereocenters. The van der Waals surface area contributed by atoms with Gasteiger partial charge in [0.1, 0.15) is 0 Å². The Bertz CT molecular complexity index is 881. The number of para-hydroxylation sites is 1. The molecule has 1 aromatic heterocycles. The zero-order valence-corrected chi connectivity index (χ0v) is 15.5. The number of hydrazone groups is 1. The van der Waals surface area contributed by atoms with Gasteiger partial charge in [0.2, 0.25) is 5.91 Å². The Hall–Kier alpha value is -2.88. The van der Waals surface area contributed by atoms with Gasteiger partial charge in [0, 0.05) is 17.6 Å². The maximum absolute atomic E-state index is 12.0. The number of nitrogens with zero attached hydrogens (tertiary/aromatic N) is 1. The first kappa shape index (κ1) is 17.9. The van der Waals surface area contributed by atoms with Crippen LogP contribution in [0.15, 0.2) is 59.7 Å². The summed E-state index contributed by atoms with van der Waals surface area (Å²) in [6.07, 6.45) is 2.73. The zero-order valence-electron chi connectivity index (χ0n) is 15.5. The molecule has 2 N–H and O–H groups in total. The normalized spacial score (nSPS) is 12.0. The van der Waals surface area contributed by atoms with E-state index in [0.29, 0.717) is 12.8 Å². The second-order valence-electron chi connectivity index (χ2n) is 7.55. The van der Waals surface area contributed by atoms with Gasteiger partial charge in [0.05, 0.1) is 6.21 Å². The lowest BCUT2D eigenvalue weighted by molar-refractivity contribution is -0.121. The van der Waals surface area contributed by atoms with Crippen LogP contribution in [0.2, 0.25) is 0 Å². The Balaban J connectivity index is 1.49. The van der Waals surface area contributed by atoms with E-state index in [1.54, 1.807) is 6.21 Å². The molecule has 1 heterocycles. The highest BCUT2D eigenvalue weighted by Gasteiger charge is 2.12. The van der Waals surface area contributed by atoms with Crippen LogP contribution >= 0.6 is 0 Å². The summed E-state index contributed by atoms with van der Waals surface area (Å²) in [5.41, 5.74) is 7.12. The van der Waals surface area contributed by atoms with E-state index in [0.717, 1.165) is 16.8 Å². The molecule has 0 saturated carbocycles. The van der Waals surface area contributed by atoms with Crippen molar-refractivity contribution >= 4 is 23.0 Å². The fraction of sp³-hybridized carbons (Fsp3) is 0.273. The lowest BCUT2D eigenvalue weighted by Gasteiger charge is -2.18. The van der Waals surface area contributed by atoms with E-state index >= 15 is 0 Å². The minimum atomic E-state index is -0.0915. The second-order valence-corrected chi connectivity index (χ2v) is 7.55. The number of carbonyl (C=O) groups excluding carboxylic acids is 1. The number of amides is 1. The number of rotatable bonds is 5. The molecule has 0 aliphatic rings. The van der Waals surface area contributed by atoms with Gasteiger partial charge >= 0.3 is 0 Å². The molecule has 0 aliphatic heterocycles. The van der Waals surface area contributed by atoms with Gasteiger partial charge in [-0.05, 0) is 40.5 Å². The minimum absolute atomic E-state index is 0.0915. The van der Waals surface area contributed by atoms with Gasteiger partial charge < -0.3 is 4.98 Å². The van der Waals surface area contributed by atoms with Crippen molar-refractivity contribution in [3.63, 3.8) is 0 Å². The van der Waals surface area contributed by atoms with Gasteiger partial charge in [0.15, 0.2) is 0 Å². The molecule has 0 fully saturated rings. The third-order valence-electron chi connectivity index (χ3n) is 4.39. The van der Waals surface area contributed by atoms with Crippen LogP contribution in [-0.2, 0) is 16.6 Å². The molecule has 0 radical (unpaired) electrons. The van der Waals surface area contributed by atoms with E-state index in [2.05, 4.69) is 60.5 Å². The third-order valence-corrected chi connectivity index (χ3v) is 4.39. The summed E-state index contributed by atoms with van der Waals surface area (Å²) >= 11 is 0. The van der Waals surface area contributed by atoms with Crippen LogP contribution in [0.1, 0.15) is 44.0 Å². The highest BCUT2D eigenvalue weighted by molar-refractivity contribution is 5.83. The maximum atomic E-state index is 12.0. The number of fused-ring (bicyclic) bond motifs is 1. The lowest BCUT2D eigenvalue weighted by atomic mass is 9.87. The quantitative estimate of drug-likeness (QED) is 0.516. The van der Waals surface area contributed by atoms with E-state index in [4.69, 9.17) is 0 Å². The third kappa shape index (κ3) is 4.60. The molecule has 1 amide bonds. The number of hydrogen-bond donors (Lipinski definition) is 2. The zero-order chi connectivity index (χ0) is 18.6. The predicted octanol–water partition coefficient (Wildman–Crippen LogP) is 4.55. The van der Waals surface area contributed by atoms with Gasteiger partial charge in [-0.1, -0.05) is 63.2 Å². The number of carbonyl (C=O) groups is 1. The number of aromatic amines is 1. The van der Waals surface area contributed by atoms with Crippen LogP contribution in [0, 0.1) is 0 Å². The van der Waals surface area contributed by atoms with E-state index in [1.807, 2.05) is 30.3 Å². The van der Waals surface area contributed by atoms with E-state index < -0.39 is 0 Å². The van der Waals surface area contributed by atoms with Gasteiger partial charge in [-0.15, -0.1) is 0 Å². The first-order valence-electron chi connectivity index (χ1n) is 8.91. The molecule has 4 heteroatoms. The Kier molecular flexibility index (Phi) is 5.21. The van der Waals surface area contributed by atoms with E-state index in [1.165, 1.54) is 10.9 Å². The summed E-state index contributed by atoms with van der Waals surface area (Å²) in [5.74, 6) is -0.0915. The van der Waals surface area contributed by atoms with Gasteiger partial charge in [-0.2, -0.15) is 5.10 Å². The summed E-state index contributed by atoms with van der Waals surface area (Å²) in [5, 5.41) is 5.22. The Labute approximate surface area is 154 Å². The summed E-state index contributed by atoms with van der Waals surface area (Å²) < 4.78 is 0. The average Bonchev–Trinajstić information content (AvgIpc) is 3.03. The molecule has 26 heavy (non-hydrogen) atoms. The Morgan fingerprint density at radius 3 is 2.54 bits per heavy atom. The minimum Gasteiger partial charge on any atom is -0.358 e.